The molecule has 30 heavy (non-hydrogen) atoms. The minimum Gasteiger partial charge on any atom is -0.497 e. The molecule has 7 heteroatoms. The van der Waals surface area contributed by atoms with E-state index in [1.54, 1.807) is 14.2 Å². The molecule has 2 aliphatic rings. The lowest BCUT2D eigenvalue weighted by molar-refractivity contribution is -0.133. The number of carbonyl (C=O) groups excluding carboxylic acids is 1. The molecule has 1 amide bonds. The number of ether oxygens (including phenoxy) is 2. The second kappa shape index (κ2) is 9.16. The first kappa shape index (κ1) is 20.8. The summed E-state index contributed by atoms with van der Waals surface area (Å²) in [6.07, 6.45) is 6.14. The Labute approximate surface area is 177 Å². The van der Waals surface area contributed by atoms with E-state index in [9.17, 15) is 4.79 Å². The van der Waals surface area contributed by atoms with E-state index < -0.39 is 0 Å². The molecule has 1 aliphatic carbocycles. The van der Waals surface area contributed by atoms with Gasteiger partial charge >= 0.3 is 0 Å². The smallest absolute Gasteiger partial charge is 0.229 e. The van der Waals surface area contributed by atoms with E-state index in [4.69, 9.17) is 19.0 Å². The third-order valence-electron chi connectivity index (χ3n) is 6.34. The number of likely N-dealkylation sites (tertiary alicyclic amines) is 1. The zero-order chi connectivity index (χ0) is 21.0. The van der Waals surface area contributed by atoms with Gasteiger partial charge < -0.3 is 18.9 Å². The van der Waals surface area contributed by atoms with Crippen molar-refractivity contribution in [2.45, 2.75) is 56.3 Å². The number of aromatic nitrogens is 2. The van der Waals surface area contributed by atoms with E-state index >= 15 is 0 Å². The van der Waals surface area contributed by atoms with Gasteiger partial charge in [-0.15, -0.1) is 0 Å². The van der Waals surface area contributed by atoms with Crippen LogP contribution in [0.1, 0.15) is 61.7 Å². The van der Waals surface area contributed by atoms with E-state index in [0.29, 0.717) is 25.5 Å². The van der Waals surface area contributed by atoms with Crippen molar-refractivity contribution < 1.29 is 18.8 Å². The monoisotopic (exact) mass is 413 g/mol. The number of benzene rings is 1. The summed E-state index contributed by atoms with van der Waals surface area (Å²) in [4.78, 5) is 19.7. The number of amides is 1. The van der Waals surface area contributed by atoms with Gasteiger partial charge in [0.2, 0.25) is 11.8 Å². The van der Waals surface area contributed by atoms with Gasteiger partial charge in [-0.05, 0) is 56.2 Å². The van der Waals surface area contributed by atoms with Crippen LogP contribution in [-0.4, -0.2) is 54.9 Å². The maximum atomic E-state index is 13.0. The summed E-state index contributed by atoms with van der Waals surface area (Å²) in [6.45, 7) is 2.02. The molecular weight excluding hydrogens is 382 g/mol. The van der Waals surface area contributed by atoms with Gasteiger partial charge in [0, 0.05) is 39.1 Å². The maximum absolute atomic E-state index is 13.0. The van der Waals surface area contributed by atoms with E-state index in [-0.39, 0.29) is 11.3 Å². The van der Waals surface area contributed by atoms with Crippen molar-refractivity contribution in [2.75, 3.05) is 33.9 Å². The Morgan fingerprint density at radius 2 is 2.07 bits per heavy atom. The summed E-state index contributed by atoms with van der Waals surface area (Å²) in [6, 6.07) is 7.90. The minimum atomic E-state index is -0.291. The SMILES string of the molecule is COCCC1(c2noc(C3CC3)n2)CCCN(C(=O)CCc2ccc(OC)cc2)C1. The lowest BCUT2D eigenvalue weighted by Gasteiger charge is -2.41. The van der Waals surface area contributed by atoms with Gasteiger partial charge in [0.05, 0.1) is 12.5 Å². The van der Waals surface area contributed by atoms with Crippen molar-refractivity contribution >= 4 is 5.91 Å². The zero-order valence-electron chi connectivity index (χ0n) is 17.9. The molecule has 0 radical (unpaired) electrons. The van der Waals surface area contributed by atoms with E-state index in [1.807, 2.05) is 29.2 Å². The molecule has 7 nitrogen and oxygen atoms in total. The number of rotatable bonds is 9. The molecule has 4 rings (SSSR count). The van der Waals surface area contributed by atoms with Gasteiger partial charge in [-0.25, -0.2) is 0 Å². The lowest BCUT2D eigenvalue weighted by Crippen LogP contribution is -2.49. The van der Waals surface area contributed by atoms with Crippen molar-refractivity contribution in [3.63, 3.8) is 0 Å². The van der Waals surface area contributed by atoms with Crippen LogP contribution in [0.2, 0.25) is 0 Å². The van der Waals surface area contributed by atoms with Gasteiger partial charge in [0.25, 0.3) is 0 Å². The molecule has 1 aliphatic heterocycles. The average molecular weight is 414 g/mol. The number of aryl methyl sites for hydroxylation is 1. The van der Waals surface area contributed by atoms with Crippen molar-refractivity contribution in [2.24, 2.45) is 0 Å². The van der Waals surface area contributed by atoms with Crippen molar-refractivity contribution in [3.05, 3.63) is 41.5 Å². The Morgan fingerprint density at radius 3 is 2.77 bits per heavy atom. The zero-order valence-corrected chi connectivity index (χ0v) is 17.9. The molecule has 1 saturated carbocycles. The second-order valence-corrected chi connectivity index (χ2v) is 8.52. The average Bonchev–Trinajstić information content (AvgIpc) is 3.52. The quantitative estimate of drug-likeness (QED) is 0.626. The third kappa shape index (κ3) is 4.67. The minimum absolute atomic E-state index is 0.179. The van der Waals surface area contributed by atoms with Crippen LogP contribution in [0.15, 0.2) is 28.8 Å². The first-order valence-corrected chi connectivity index (χ1v) is 10.9. The molecule has 2 aromatic rings. The van der Waals surface area contributed by atoms with Gasteiger partial charge in [-0.1, -0.05) is 17.3 Å². The fourth-order valence-electron chi connectivity index (χ4n) is 4.29. The molecule has 162 valence electrons. The largest absolute Gasteiger partial charge is 0.497 e. The molecule has 1 atom stereocenters. The topological polar surface area (TPSA) is 77.7 Å². The highest BCUT2D eigenvalue weighted by molar-refractivity contribution is 5.76. The van der Waals surface area contributed by atoms with E-state index in [0.717, 1.165) is 68.1 Å². The molecule has 1 aromatic heterocycles. The van der Waals surface area contributed by atoms with Crippen molar-refractivity contribution in [3.8, 4) is 5.75 Å². The number of piperidine rings is 1. The first-order chi connectivity index (χ1) is 14.6. The predicted molar refractivity (Wildman–Crippen MR) is 112 cm³/mol. The van der Waals surface area contributed by atoms with Gasteiger partial charge in [-0.3, -0.25) is 4.79 Å². The Bertz CT molecular complexity index is 846. The van der Waals surface area contributed by atoms with Crippen LogP contribution in [0.4, 0.5) is 0 Å². The lowest BCUT2D eigenvalue weighted by atomic mass is 9.76. The summed E-state index contributed by atoms with van der Waals surface area (Å²) < 4.78 is 16.1. The number of methoxy groups -OCH3 is 2. The molecule has 0 bridgehead atoms. The highest BCUT2D eigenvalue weighted by Crippen LogP contribution is 2.41. The normalized spacial score (nSPS) is 21.6. The maximum Gasteiger partial charge on any atom is 0.229 e. The van der Waals surface area contributed by atoms with Crippen LogP contribution in [0.5, 0.6) is 5.75 Å². The van der Waals surface area contributed by atoms with Crippen molar-refractivity contribution in [1.29, 1.82) is 0 Å². The standard InChI is InChI=1S/C23H31N3O4/c1-28-15-13-23(22-24-21(30-25-22)18-7-8-18)12-3-14-26(16-23)20(27)11-6-17-4-9-19(29-2)10-5-17/h4-5,9-10,18H,3,6-8,11-16H2,1-2H3. The fourth-order valence-corrected chi connectivity index (χ4v) is 4.29. The summed E-state index contributed by atoms with van der Waals surface area (Å²) in [7, 11) is 3.36. The van der Waals surface area contributed by atoms with Crippen LogP contribution < -0.4 is 4.74 Å². The highest BCUT2D eigenvalue weighted by Gasteiger charge is 2.43. The Hall–Kier alpha value is -2.41. The van der Waals surface area contributed by atoms with E-state index in [2.05, 4.69) is 5.16 Å². The third-order valence-corrected chi connectivity index (χ3v) is 6.34. The highest BCUT2D eigenvalue weighted by atomic mass is 16.5. The summed E-state index contributed by atoms with van der Waals surface area (Å²) in [5.41, 5.74) is 0.847. The molecule has 1 aromatic carbocycles. The molecule has 1 saturated heterocycles. The molecular formula is C23H31N3O4. The summed E-state index contributed by atoms with van der Waals surface area (Å²) >= 11 is 0. The van der Waals surface area contributed by atoms with Crippen LogP contribution in [0, 0.1) is 0 Å². The van der Waals surface area contributed by atoms with Gasteiger partial charge in [0.1, 0.15) is 5.75 Å². The van der Waals surface area contributed by atoms with Crippen LogP contribution in [0.3, 0.4) is 0 Å². The number of hydrogen-bond donors (Lipinski definition) is 0. The van der Waals surface area contributed by atoms with Crippen LogP contribution in [-0.2, 0) is 21.4 Å². The molecule has 1 unspecified atom stereocenters. The van der Waals surface area contributed by atoms with Crippen LogP contribution in [0.25, 0.3) is 0 Å². The summed E-state index contributed by atoms with van der Waals surface area (Å²) in [5.74, 6) is 2.93. The van der Waals surface area contributed by atoms with Gasteiger partial charge in [-0.2, -0.15) is 4.98 Å². The molecule has 0 N–H and O–H groups in total. The number of carbonyl (C=O) groups is 1. The Morgan fingerprint density at radius 1 is 1.27 bits per heavy atom. The second-order valence-electron chi connectivity index (χ2n) is 8.52. The van der Waals surface area contributed by atoms with Crippen molar-refractivity contribution in [1.82, 2.24) is 15.0 Å². The van der Waals surface area contributed by atoms with E-state index in [1.165, 1.54) is 0 Å². The number of hydrogen-bond acceptors (Lipinski definition) is 6. The van der Waals surface area contributed by atoms with Crippen LogP contribution >= 0.6 is 0 Å². The predicted octanol–water partition coefficient (Wildman–Crippen LogP) is 3.49. The fraction of sp³-hybridized carbons (Fsp3) is 0.609. The van der Waals surface area contributed by atoms with Gasteiger partial charge in [0.15, 0.2) is 5.82 Å². The first-order valence-electron chi connectivity index (χ1n) is 10.9. The Balaban J connectivity index is 1.43. The number of nitrogens with zero attached hydrogens (tertiary/aromatic N) is 3. The molecule has 0 spiro atoms. The molecule has 2 heterocycles. The Kier molecular flexibility index (Phi) is 6.37. The summed E-state index contributed by atoms with van der Waals surface area (Å²) in [5, 5.41) is 4.34. The molecule has 2 fully saturated rings.